The largest absolute Gasteiger partial charge is 0.418 e. The van der Waals surface area contributed by atoms with E-state index in [-0.39, 0.29) is 5.69 Å². The molecule has 4 rings (SSSR count). The van der Waals surface area contributed by atoms with Crippen molar-refractivity contribution in [3.63, 3.8) is 0 Å². The van der Waals surface area contributed by atoms with Gasteiger partial charge in [0.1, 0.15) is 5.60 Å². The van der Waals surface area contributed by atoms with E-state index in [1.54, 1.807) is 6.92 Å². The lowest BCUT2D eigenvalue weighted by Gasteiger charge is -2.25. The lowest BCUT2D eigenvalue weighted by Crippen LogP contribution is -2.37. The Balaban J connectivity index is 1.54. The van der Waals surface area contributed by atoms with Crippen LogP contribution >= 0.6 is 0 Å². The highest BCUT2D eigenvalue weighted by Crippen LogP contribution is 2.43. The van der Waals surface area contributed by atoms with Gasteiger partial charge in [0.25, 0.3) is 0 Å². The molecule has 142 valence electrons. The average molecular weight is 376 g/mol. The summed E-state index contributed by atoms with van der Waals surface area (Å²) < 4.78 is 45.7. The van der Waals surface area contributed by atoms with Crippen LogP contribution in [0.5, 0.6) is 0 Å². The van der Waals surface area contributed by atoms with Crippen LogP contribution in [0.15, 0.2) is 42.5 Å². The summed E-state index contributed by atoms with van der Waals surface area (Å²) in [4.78, 5) is 14.2. The minimum atomic E-state index is -4.53. The summed E-state index contributed by atoms with van der Waals surface area (Å²) in [5.41, 5.74) is 1.17. The summed E-state index contributed by atoms with van der Waals surface area (Å²) in [6.45, 7) is 2.92. The molecule has 2 aromatic carbocycles. The van der Waals surface area contributed by atoms with Gasteiger partial charge in [-0.05, 0) is 35.7 Å². The molecule has 1 fully saturated rings. The Hall–Kier alpha value is -2.54. The van der Waals surface area contributed by atoms with Gasteiger partial charge in [0, 0.05) is 13.0 Å². The molecule has 1 atom stereocenters. The van der Waals surface area contributed by atoms with Crippen LogP contribution in [0.1, 0.15) is 28.7 Å². The molecule has 1 spiro atoms. The van der Waals surface area contributed by atoms with Crippen molar-refractivity contribution in [2.24, 2.45) is 0 Å². The molecule has 2 aliphatic rings. The van der Waals surface area contributed by atoms with E-state index in [1.807, 2.05) is 24.3 Å². The van der Waals surface area contributed by atoms with E-state index in [4.69, 9.17) is 4.74 Å². The topological polar surface area (TPSA) is 41.6 Å². The summed E-state index contributed by atoms with van der Waals surface area (Å²) in [6, 6.07) is 11.0. The van der Waals surface area contributed by atoms with Gasteiger partial charge in [0.05, 0.1) is 24.4 Å². The second-order valence-corrected chi connectivity index (χ2v) is 7.09. The van der Waals surface area contributed by atoms with Gasteiger partial charge >= 0.3 is 12.2 Å². The van der Waals surface area contributed by atoms with Crippen LogP contribution in [-0.2, 0) is 23.1 Å². The van der Waals surface area contributed by atoms with E-state index in [2.05, 4.69) is 5.32 Å². The third-order valence-electron chi connectivity index (χ3n) is 5.25. The molecule has 27 heavy (non-hydrogen) atoms. The van der Waals surface area contributed by atoms with Gasteiger partial charge in [-0.3, -0.25) is 0 Å². The number of hydrogen-bond donors (Lipinski definition) is 1. The lowest BCUT2D eigenvalue weighted by atomic mass is 9.92. The van der Waals surface area contributed by atoms with Gasteiger partial charge < -0.3 is 15.0 Å². The number of likely N-dealkylation sites (tertiary alicyclic amines) is 1. The van der Waals surface area contributed by atoms with E-state index in [9.17, 15) is 18.0 Å². The highest BCUT2D eigenvalue weighted by molar-refractivity contribution is 5.90. The summed E-state index contributed by atoms with van der Waals surface area (Å²) in [5, 5.41) is 2.44. The van der Waals surface area contributed by atoms with E-state index >= 15 is 0 Å². The Morgan fingerprint density at radius 2 is 2.00 bits per heavy atom. The lowest BCUT2D eigenvalue weighted by molar-refractivity contribution is -0.136. The van der Waals surface area contributed by atoms with Crippen molar-refractivity contribution in [3.8, 4) is 0 Å². The number of urea groups is 1. The summed E-state index contributed by atoms with van der Waals surface area (Å²) in [7, 11) is 0. The minimum absolute atomic E-state index is 0.221. The molecule has 0 saturated carbocycles. The third kappa shape index (κ3) is 3.16. The maximum Gasteiger partial charge on any atom is 0.418 e. The van der Waals surface area contributed by atoms with Gasteiger partial charge in [0.15, 0.2) is 0 Å². The summed E-state index contributed by atoms with van der Waals surface area (Å²) in [6.07, 6.45) is -3.91. The van der Waals surface area contributed by atoms with E-state index in [1.165, 1.54) is 17.0 Å². The molecule has 7 heteroatoms. The van der Waals surface area contributed by atoms with Crippen LogP contribution in [-0.4, -0.2) is 24.0 Å². The van der Waals surface area contributed by atoms with Gasteiger partial charge in [-0.15, -0.1) is 0 Å². The molecule has 1 unspecified atom stereocenters. The first-order valence-electron chi connectivity index (χ1n) is 8.75. The first-order chi connectivity index (χ1) is 12.8. The molecule has 2 heterocycles. The molecular weight excluding hydrogens is 357 g/mol. The minimum Gasteiger partial charge on any atom is -0.364 e. The highest BCUT2D eigenvalue weighted by Gasteiger charge is 2.47. The Labute approximate surface area is 154 Å². The standard InChI is InChI=1S/C20H19F3N2O2/c1-13-6-7-16(20(21,22)23)17(10-13)24-18(26)25-9-8-19(12-25)15-5-3-2-4-14(15)11-27-19/h2-7,10H,8-9,11-12H2,1H3,(H,24,26). The molecule has 1 saturated heterocycles. The van der Waals surface area contributed by atoms with Gasteiger partial charge in [-0.1, -0.05) is 30.3 Å². The van der Waals surface area contributed by atoms with E-state index in [0.29, 0.717) is 31.7 Å². The zero-order valence-electron chi connectivity index (χ0n) is 14.8. The molecular formula is C20H19F3N2O2. The quantitative estimate of drug-likeness (QED) is 0.785. The average Bonchev–Trinajstić information content (AvgIpc) is 3.20. The molecule has 1 N–H and O–H groups in total. The van der Waals surface area contributed by atoms with Crippen molar-refractivity contribution in [2.75, 3.05) is 18.4 Å². The van der Waals surface area contributed by atoms with Crippen molar-refractivity contribution in [1.29, 1.82) is 0 Å². The third-order valence-corrected chi connectivity index (χ3v) is 5.25. The maximum atomic E-state index is 13.2. The van der Waals surface area contributed by atoms with E-state index in [0.717, 1.165) is 17.2 Å². The normalized spacial score (nSPS) is 21.6. The second kappa shape index (κ2) is 6.27. The van der Waals surface area contributed by atoms with Crippen molar-refractivity contribution >= 4 is 11.7 Å². The molecule has 0 bridgehead atoms. The fourth-order valence-electron chi connectivity index (χ4n) is 3.88. The Kier molecular flexibility index (Phi) is 4.14. The number of aryl methyl sites for hydroxylation is 1. The number of benzene rings is 2. The molecule has 2 amide bonds. The first kappa shape index (κ1) is 17.9. The summed E-state index contributed by atoms with van der Waals surface area (Å²) >= 11 is 0. The molecule has 0 aromatic heterocycles. The predicted octanol–water partition coefficient (Wildman–Crippen LogP) is 4.68. The van der Waals surface area contributed by atoms with Crippen molar-refractivity contribution in [3.05, 3.63) is 64.7 Å². The maximum absolute atomic E-state index is 13.2. The van der Waals surface area contributed by atoms with Crippen LogP contribution in [0.4, 0.5) is 23.7 Å². The Morgan fingerprint density at radius 1 is 1.22 bits per heavy atom. The van der Waals surface area contributed by atoms with Crippen LogP contribution in [0.3, 0.4) is 0 Å². The zero-order valence-corrected chi connectivity index (χ0v) is 14.8. The zero-order chi connectivity index (χ0) is 19.2. The van der Waals surface area contributed by atoms with Gasteiger partial charge in [-0.2, -0.15) is 13.2 Å². The van der Waals surface area contributed by atoms with Crippen LogP contribution in [0, 0.1) is 6.92 Å². The van der Waals surface area contributed by atoms with E-state index < -0.39 is 23.4 Å². The molecule has 2 aromatic rings. The van der Waals surface area contributed by atoms with Crippen LogP contribution < -0.4 is 5.32 Å². The number of rotatable bonds is 1. The second-order valence-electron chi connectivity index (χ2n) is 7.09. The Morgan fingerprint density at radius 3 is 2.78 bits per heavy atom. The van der Waals surface area contributed by atoms with Crippen LogP contribution in [0.25, 0.3) is 0 Å². The number of ether oxygens (including phenoxy) is 1. The molecule has 2 aliphatic heterocycles. The number of halogens is 3. The molecule has 0 aliphatic carbocycles. The molecule has 0 radical (unpaired) electrons. The number of carbonyl (C=O) groups is 1. The molecule has 4 nitrogen and oxygen atoms in total. The number of hydrogen-bond acceptors (Lipinski definition) is 2. The first-order valence-corrected chi connectivity index (χ1v) is 8.75. The number of anilines is 1. The number of amides is 2. The van der Waals surface area contributed by atoms with Crippen molar-refractivity contribution in [1.82, 2.24) is 4.90 Å². The van der Waals surface area contributed by atoms with Gasteiger partial charge in [0.2, 0.25) is 0 Å². The van der Waals surface area contributed by atoms with Crippen LogP contribution in [0.2, 0.25) is 0 Å². The smallest absolute Gasteiger partial charge is 0.364 e. The van der Waals surface area contributed by atoms with Crippen molar-refractivity contribution in [2.45, 2.75) is 31.7 Å². The van der Waals surface area contributed by atoms with Gasteiger partial charge in [-0.25, -0.2) is 4.79 Å². The number of fused-ring (bicyclic) bond motifs is 2. The predicted molar refractivity (Wildman–Crippen MR) is 94.3 cm³/mol. The number of nitrogens with one attached hydrogen (secondary N) is 1. The number of alkyl halides is 3. The Bertz CT molecular complexity index is 897. The SMILES string of the molecule is Cc1ccc(C(F)(F)F)c(NC(=O)N2CCC3(C2)OCc2ccccc23)c1. The number of nitrogens with zero attached hydrogens (tertiary/aromatic N) is 1. The fourth-order valence-corrected chi connectivity index (χ4v) is 3.88. The summed E-state index contributed by atoms with van der Waals surface area (Å²) in [5.74, 6) is 0. The monoisotopic (exact) mass is 376 g/mol. The highest BCUT2D eigenvalue weighted by atomic mass is 19.4. The number of carbonyl (C=O) groups excluding carboxylic acids is 1. The van der Waals surface area contributed by atoms with Crippen molar-refractivity contribution < 1.29 is 22.7 Å². The fraction of sp³-hybridized carbons (Fsp3) is 0.350.